The van der Waals surface area contributed by atoms with Gasteiger partial charge in [-0.25, -0.2) is 0 Å². The van der Waals surface area contributed by atoms with Crippen LogP contribution in [0.1, 0.15) is 58.3 Å². The zero-order valence-corrected chi connectivity index (χ0v) is 11.0. The summed E-state index contributed by atoms with van der Waals surface area (Å²) in [4.78, 5) is 2.68. The van der Waals surface area contributed by atoms with Crippen LogP contribution in [0.5, 0.6) is 0 Å². The Kier molecular flexibility index (Phi) is 4.26. The molecular weight excluding hydrogens is 196 g/mol. The molecule has 2 nitrogen and oxygen atoms in total. The van der Waals surface area contributed by atoms with E-state index in [1.807, 2.05) is 0 Å². The number of hydrogen-bond donors (Lipinski definition) is 1. The summed E-state index contributed by atoms with van der Waals surface area (Å²) in [5.74, 6) is 0.937. The van der Waals surface area contributed by atoms with Crippen molar-refractivity contribution >= 4 is 0 Å². The highest BCUT2D eigenvalue weighted by Crippen LogP contribution is 2.30. The number of nitrogens with two attached hydrogens (primary N) is 1. The number of hydrogen-bond acceptors (Lipinski definition) is 2. The second-order valence-corrected chi connectivity index (χ2v) is 6.16. The van der Waals surface area contributed by atoms with E-state index in [4.69, 9.17) is 5.73 Å². The topological polar surface area (TPSA) is 29.3 Å². The van der Waals surface area contributed by atoms with Crippen LogP contribution in [0.2, 0.25) is 0 Å². The molecule has 0 spiro atoms. The van der Waals surface area contributed by atoms with Gasteiger partial charge < -0.3 is 10.6 Å². The highest BCUT2D eigenvalue weighted by Gasteiger charge is 2.29. The lowest BCUT2D eigenvalue weighted by atomic mass is 9.84. The van der Waals surface area contributed by atoms with E-state index < -0.39 is 0 Å². The Bertz CT molecular complexity index is 209. The fraction of sp³-hybridized carbons (Fsp3) is 1.00. The molecule has 0 aromatic heterocycles. The molecule has 2 unspecified atom stereocenters. The third kappa shape index (κ3) is 2.98. The normalized spacial score (nSPS) is 41.2. The molecule has 2 aliphatic rings. The summed E-state index contributed by atoms with van der Waals surface area (Å²) in [6.07, 6.45) is 10.8. The van der Waals surface area contributed by atoms with Crippen molar-refractivity contribution < 1.29 is 0 Å². The van der Waals surface area contributed by atoms with Crippen LogP contribution in [-0.2, 0) is 0 Å². The van der Waals surface area contributed by atoms with Crippen molar-refractivity contribution in [2.75, 3.05) is 7.05 Å². The molecule has 2 atom stereocenters. The van der Waals surface area contributed by atoms with Gasteiger partial charge in [0.05, 0.1) is 0 Å². The van der Waals surface area contributed by atoms with E-state index in [9.17, 15) is 0 Å². The average molecular weight is 224 g/mol. The van der Waals surface area contributed by atoms with Gasteiger partial charge in [-0.3, -0.25) is 0 Å². The highest BCUT2D eigenvalue weighted by atomic mass is 15.2. The third-order valence-corrected chi connectivity index (χ3v) is 4.80. The molecule has 16 heavy (non-hydrogen) atoms. The summed E-state index contributed by atoms with van der Waals surface area (Å²) in [6, 6.07) is 2.15. The van der Waals surface area contributed by atoms with Crippen LogP contribution in [0.25, 0.3) is 0 Å². The van der Waals surface area contributed by atoms with Crippen LogP contribution in [-0.4, -0.2) is 30.1 Å². The lowest BCUT2D eigenvalue weighted by Crippen LogP contribution is -2.45. The third-order valence-electron chi connectivity index (χ3n) is 4.80. The van der Waals surface area contributed by atoms with Crippen molar-refractivity contribution in [3.63, 3.8) is 0 Å². The molecule has 0 aromatic rings. The summed E-state index contributed by atoms with van der Waals surface area (Å²) in [6.45, 7) is 2.41. The zero-order chi connectivity index (χ0) is 11.5. The van der Waals surface area contributed by atoms with Crippen molar-refractivity contribution in [1.82, 2.24) is 4.90 Å². The van der Waals surface area contributed by atoms with Gasteiger partial charge in [0.2, 0.25) is 0 Å². The van der Waals surface area contributed by atoms with Gasteiger partial charge in [-0.05, 0) is 51.5 Å². The average Bonchev–Trinajstić information content (AvgIpc) is 2.29. The van der Waals surface area contributed by atoms with E-state index in [0.717, 1.165) is 18.0 Å². The maximum absolute atomic E-state index is 5.98. The summed E-state index contributed by atoms with van der Waals surface area (Å²) >= 11 is 0. The van der Waals surface area contributed by atoms with Crippen LogP contribution in [0.4, 0.5) is 0 Å². The molecule has 0 radical (unpaired) electrons. The van der Waals surface area contributed by atoms with Gasteiger partial charge in [-0.2, -0.15) is 0 Å². The van der Waals surface area contributed by atoms with Crippen LogP contribution >= 0.6 is 0 Å². The lowest BCUT2D eigenvalue weighted by molar-refractivity contribution is 0.0926. The predicted molar refractivity (Wildman–Crippen MR) is 69.4 cm³/mol. The Morgan fingerprint density at radius 1 is 0.938 bits per heavy atom. The molecule has 0 aromatic carbocycles. The predicted octanol–water partition coefficient (Wildman–Crippen LogP) is 2.77. The Hall–Kier alpha value is -0.0800. The molecule has 0 saturated heterocycles. The fourth-order valence-electron chi connectivity index (χ4n) is 3.58. The van der Waals surface area contributed by atoms with E-state index in [0.29, 0.717) is 6.04 Å². The molecule has 2 fully saturated rings. The first-order valence-electron chi connectivity index (χ1n) is 7.14. The molecule has 2 aliphatic carbocycles. The minimum absolute atomic E-state index is 0.481. The van der Waals surface area contributed by atoms with E-state index in [-0.39, 0.29) is 0 Å². The fourth-order valence-corrected chi connectivity index (χ4v) is 3.58. The van der Waals surface area contributed by atoms with Gasteiger partial charge >= 0.3 is 0 Å². The molecule has 0 amide bonds. The molecule has 0 bridgehead atoms. The first-order chi connectivity index (χ1) is 7.66. The summed E-state index contributed by atoms with van der Waals surface area (Å²) in [5, 5.41) is 0. The van der Waals surface area contributed by atoms with Gasteiger partial charge in [0, 0.05) is 18.1 Å². The molecule has 2 heteroatoms. The smallest absolute Gasteiger partial charge is 0.00976 e. The maximum atomic E-state index is 5.98. The van der Waals surface area contributed by atoms with Crippen molar-refractivity contribution in [1.29, 1.82) is 0 Å². The van der Waals surface area contributed by atoms with E-state index >= 15 is 0 Å². The van der Waals surface area contributed by atoms with E-state index in [2.05, 4.69) is 18.9 Å². The Morgan fingerprint density at radius 2 is 1.62 bits per heavy atom. The van der Waals surface area contributed by atoms with Gasteiger partial charge in [0.25, 0.3) is 0 Å². The van der Waals surface area contributed by atoms with Gasteiger partial charge in [0.15, 0.2) is 0 Å². The first kappa shape index (κ1) is 12.4. The quantitative estimate of drug-likeness (QED) is 0.781. The largest absolute Gasteiger partial charge is 0.328 e. The van der Waals surface area contributed by atoms with Crippen LogP contribution in [0.15, 0.2) is 0 Å². The van der Waals surface area contributed by atoms with Crippen molar-refractivity contribution in [3.05, 3.63) is 0 Å². The number of rotatable bonds is 2. The molecule has 2 N–H and O–H groups in total. The molecule has 94 valence electrons. The second-order valence-electron chi connectivity index (χ2n) is 6.16. The zero-order valence-electron chi connectivity index (χ0n) is 11.0. The SMILES string of the molecule is CC1CCCC(N(C)C2CCC(N)CC2)C1. The van der Waals surface area contributed by atoms with E-state index in [1.165, 1.54) is 51.4 Å². The molecule has 2 saturated carbocycles. The van der Waals surface area contributed by atoms with Crippen LogP contribution < -0.4 is 5.73 Å². The Labute approximate surface area is 101 Å². The summed E-state index contributed by atoms with van der Waals surface area (Å²) < 4.78 is 0. The summed E-state index contributed by atoms with van der Waals surface area (Å²) in [5.41, 5.74) is 5.98. The minimum Gasteiger partial charge on any atom is -0.328 e. The summed E-state index contributed by atoms with van der Waals surface area (Å²) in [7, 11) is 2.35. The maximum Gasteiger partial charge on any atom is 0.00976 e. The van der Waals surface area contributed by atoms with E-state index in [1.54, 1.807) is 0 Å². The molecular formula is C14H28N2. The standard InChI is InChI=1S/C14H28N2/c1-11-4-3-5-14(10-11)16(2)13-8-6-12(15)7-9-13/h11-14H,3-10,15H2,1-2H3. The van der Waals surface area contributed by atoms with Crippen molar-refractivity contribution in [2.24, 2.45) is 11.7 Å². The Morgan fingerprint density at radius 3 is 2.25 bits per heavy atom. The monoisotopic (exact) mass is 224 g/mol. The molecule has 0 aliphatic heterocycles. The highest BCUT2D eigenvalue weighted by molar-refractivity contribution is 4.85. The molecule has 2 rings (SSSR count). The minimum atomic E-state index is 0.481. The van der Waals surface area contributed by atoms with Gasteiger partial charge in [-0.15, -0.1) is 0 Å². The van der Waals surface area contributed by atoms with Crippen molar-refractivity contribution in [2.45, 2.75) is 76.4 Å². The van der Waals surface area contributed by atoms with Gasteiger partial charge in [-0.1, -0.05) is 19.8 Å². The van der Waals surface area contributed by atoms with Crippen molar-refractivity contribution in [3.8, 4) is 0 Å². The first-order valence-corrected chi connectivity index (χ1v) is 7.14. The van der Waals surface area contributed by atoms with Crippen LogP contribution in [0.3, 0.4) is 0 Å². The Balaban J connectivity index is 1.84. The van der Waals surface area contributed by atoms with Gasteiger partial charge in [0.1, 0.15) is 0 Å². The second kappa shape index (κ2) is 5.50. The molecule has 0 heterocycles. The number of nitrogens with zero attached hydrogens (tertiary/aromatic N) is 1. The van der Waals surface area contributed by atoms with Crippen LogP contribution in [0, 0.1) is 5.92 Å². The lowest BCUT2D eigenvalue weighted by Gasteiger charge is -2.41.